The monoisotopic (exact) mass is 239 g/mol. The summed E-state index contributed by atoms with van der Waals surface area (Å²) < 4.78 is 11.2. The van der Waals surface area contributed by atoms with Crippen LogP contribution in [-0.2, 0) is 9.47 Å². The second-order valence-corrected chi connectivity index (χ2v) is 4.70. The molecule has 3 nitrogen and oxygen atoms in total. The summed E-state index contributed by atoms with van der Waals surface area (Å²) in [7, 11) is 0. The van der Waals surface area contributed by atoms with Crippen LogP contribution in [0.25, 0.3) is 0 Å². The van der Waals surface area contributed by atoms with Gasteiger partial charge in [-0.2, -0.15) is 5.26 Å². The molecule has 1 atom stereocenters. The van der Waals surface area contributed by atoms with Crippen molar-refractivity contribution in [2.24, 2.45) is 0 Å². The van der Waals surface area contributed by atoms with Crippen LogP contribution in [0.4, 0.5) is 0 Å². The predicted molar refractivity (Wildman–Crippen MR) is 67.5 cm³/mol. The Morgan fingerprint density at radius 2 is 1.82 bits per heavy atom. The molecule has 1 heterocycles. The van der Waals surface area contributed by atoms with Gasteiger partial charge in [0.25, 0.3) is 0 Å². The zero-order chi connectivity index (χ0) is 12.2. The standard InChI is InChI=1S/C14H25NO2/c15-11-7-4-2-1-3-5-8-12-16-14-10-6-9-13-17-14/h14H,1-10,12-13H2. The van der Waals surface area contributed by atoms with Gasteiger partial charge in [-0.3, -0.25) is 0 Å². The number of nitrogens with zero attached hydrogens (tertiary/aromatic N) is 1. The number of hydrogen-bond acceptors (Lipinski definition) is 3. The van der Waals surface area contributed by atoms with Gasteiger partial charge in [-0.05, 0) is 32.1 Å². The molecule has 1 aliphatic rings. The van der Waals surface area contributed by atoms with Crippen LogP contribution >= 0.6 is 0 Å². The molecule has 0 saturated carbocycles. The third-order valence-electron chi connectivity index (χ3n) is 3.12. The number of hydrogen-bond donors (Lipinski definition) is 0. The number of unbranched alkanes of at least 4 members (excludes halogenated alkanes) is 6. The van der Waals surface area contributed by atoms with Gasteiger partial charge in [-0.25, -0.2) is 0 Å². The Morgan fingerprint density at radius 3 is 2.53 bits per heavy atom. The summed E-state index contributed by atoms with van der Waals surface area (Å²) in [6, 6.07) is 2.18. The summed E-state index contributed by atoms with van der Waals surface area (Å²) in [4.78, 5) is 0. The zero-order valence-electron chi connectivity index (χ0n) is 10.8. The Morgan fingerprint density at radius 1 is 1.06 bits per heavy atom. The van der Waals surface area contributed by atoms with E-state index in [4.69, 9.17) is 14.7 Å². The molecule has 0 spiro atoms. The van der Waals surface area contributed by atoms with Crippen molar-refractivity contribution in [2.45, 2.75) is 70.5 Å². The van der Waals surface area contributed by atoms with E-state index in [1.165, 1.54) is 38.5 Å². The van der Waals surface area contributed by atoms with Gasteiger partial charge in [-0.1, -0.05) is 25.7 Å². The lowest BCUT2D eigenvalue weighted by atomic mass is 10.1. The highest BCUT2D eigenvalue weighted by atomic mass is 16.7. The lowest BCUT2D eigenvalue weighted by Gasteiger charge is -2.22. The van der Waals surface area contributed by atoms with Gasteiger partial charge in [-0.15, -0.1) is 0 Å². The highest BCUT2D eigenvalue weighted by molar-refractivity contribution is 4.67. The maximum atomic E-state index is 8.38. The van der Waals surface area contributed by atoms with Gasteiger partial charge in [0.05, 0.1) is 6.07 Å². The smallest absolute Gasteiger partial charge is 0.157 e. The third kappa shape index (κ3) is 8.18. The molecule has 17 heavy (non-hydrogen) atoms. The van der Waals surface area contributed by atoms with Crippen molar-refractivity contribution in [3.8, 4) is 6.07 Å². The molecule has 98 valence electrons. The number of nitriles is 1. The summed E-state index contributed by atoms with van der Waals surface area (Å²) in [5.41, 5.74) is 0. The molecule has 1 aliphatic heterocycles. The van der Waals surface area contributed by atoms with Gasteiger partial charge >= 0.3 is 0 Å². The van der Waals surface area contributed by atoms with Crippen LogP contribution in [0.3, 0.4) is 0 Å². The largest absolute Gasteiger partial charge is 0.353 e. The van der Waals surface area contributed by atoms with E-state index in [1.54, 1.807) is 0 Å². The highest BCUT2D eigenvalue weighted by Crippen LogP contribution is 2.14. The Bertz CT molecular complexity index is 207. The van der Waals surface area contributed by atoms with Crippen molar-refractivity contribution < 1.29 is 9.47 Å². The molecule has 0 N–H and O–H groups in total. The fourth-order valence-electron chi connectivity index (χ4n) is 2.07. The number of ether oxygens (including phenoxy) is 2. The van der Waals surface area contributed by atoms with E-state index in [1.807, 2.05) is 0 Å². The van der Waals surface area contributed by atoms with Crippen molar-refractivity contribution in [1.82, 2.24) is 0 Å². The number of rotatable bonds is 9. The van der Waals surface area contributed by atoms with Crippen molar-refractivity contribution in [2.75, 3.05) is 13.2 Å². The molecule has 0 radical (unpaired) electrons. The molecule has 0 amide bonds. The van der Waals surface area contributed by atoms with Crippen LogP contribution in [0.5, 0.6) is 0 Å². The summed E-state index contributed by atoms with van der Waals surface area (Å²) in [6.07, 6.45) is 11.4. The minimum absolute atomic E-state index is 0.0689. The third-order valence-corrected chi connectivity index (χ3v) is 3.12. The van der Waals surface area contributed by atoms with Gasteiger partial charge in [0.2, 0.25) is 0 Å². The molecule has 1 unspecified atom stereocenters. The van der Waals surface area contributed by atoms with Crippen molar-refractivity contribution in [1.29, 1.82) is 5.26 Å². The van der Waals surface area contributed by atoms with E-state index < -0.39 is 0 Å². The van der Waals surface area contributed by atoms with Crippen LogP contribution in [0.1, 0.15) is 64.2 Å². The zero-order valence-corrected chi connectivity index (χ0v) is 10.8. The van der Waals surface area contributed by atoms with Gasteiger partial charge in [0, 0.05) is 19.6 Å². The van der Waals surface area contributed by atoms with E-state index in [-0.39, 0.29) is 6.29 Å². The molecule has 0 bridgehead atoms. The molecular formula is C14H25NO2. The van der Waals surface area contributed by atoms with Crippen molar-refractivity contribution in [3.63, 3.8) is 0 Å². The first-order valence-corrected chi connectivity index (χ1v) is 7.03. The molecule has 1 fully saturated rings. The normalized spacial score (nSPS) is 20.1. The van der Waals surface area contributed by atoms with E-state index in [2.05, 4.69) is 6.07 Å². The molecule has 1 saturated heterocycles. The molecule has 0 aromatic carbocycles. The van der Waals surface area contributed by atoms with Gasteiger partial charge in [0.1, 0.15) is 0 Å². The summed E-state index contributed by atoms with van der Waals surface area (Å²) in [5.74, 6) is 0. The van der Waals surface area contributed by atoms with Crippen LogP contribution in [-0.4, -0.2) is 19.5 Å². The fraction of sp³-hybridized carbons (Fsp3) is 0.929. The molecule has 0 aliphatic carbocycles. The first-order chi connectivity index (χ1) is 8.43. The second kappa shape index (κ2) is 10.6. The molecule has 0 aromatic rings. The van der Waals surface area contributed by atoms with Crippen LogP contribution in [0, 0.1) is 11.3 Å². The minimum Gasteiger partial charge on any atom is -0.353 e. The van der Waals surface area contributed by atoms with E-state index in [0.717, 1.165) is 32.5 Å². The SMILES string of the molecule is N#CCCCCCCCCOC1CCCCO1. The Balaban J connectivity index is 1.76. The molecule has 0 aromatic heterocycles. The average molecular weight is 239 g/mol. The molecular weight excluding hydrogens is 214 g/mol. The Hall–Kier alpha value is -0.590. The average Bonchev–Trinajstić information content (AvgIpc) is 2.38. The maximum Gasteiger partial charge on any atom is 0.157 e. The maximum absolute atomic E-state index is 8.38. The van der Waals surface area contributed by atoms with E-state index in [0.29, 0.717) is 6.42 Å². The molecule has 1 rings (SSSR count). The van der Waals surface area contributed by atoms with Gasteiger partial charge < -0.3 is 9.47 Å². The van der Waals surface area contributed by atoms with Crippen molar-refractivity contribution in [3.05, 3.63) is 0 Å². The lowest BCUT2D eigenvalue weighted by molar-refractivity contribution is -0.162. The van der Waals surface area contributed by atoms with Crippen LogP contribution in [0.2, 0.25) is 0 Å². The molecule has 3 heteroatoms. The van der Waals surface area contributed by atoms with E-state index >= 15 is 0 Å². The lowest BCUT2D eigenvalue weighted by Crippen LogP contribution is -2.22. The topological polar surface area (TPSA) is 42.2 Å². The first-order valence-electron chi connectivity index (χ1n) is 7.03. The minimum atomic E-state index is 0.0689. The van der Waals surface area contributed by atoms with Gasteiger partial charge in [0.15, 0.2) is 6.29 Å². The van der Waals surface area contributed by atoms with Crippen LogP contribution < -0.4 is 0 Å². The fourth-order valence-corrected chi connectivity index (χ4v) is 2.07. The Kier molecular flexibility index (Phi) is 8.99. The second-order valence-electron chi connectivity index (χ2n) is 4.70. The highest BCUT2D eigenvalue weighted by Gasteiger charge is 2.13. The van der Waals surface area contributed by atoms with Crippen molar-refractivity contribution >= 4 is 0 Å². The quantitative estimate of drug-likeness (QED) is 0.575. The van der Waals surface area contributed by atoms with E-state index in [9.17, 15) is 0 Å². The summed E-state index contributed by atoms with van der Waals surface area (Å²) >= 11 is 0. The first kappa shape index (κ1) is 14.5. The Labute approximate surface area is 105 Å². The summed E-state index contributed by atoms with van der Waals surface area (Å²) in [6.45, 7) is 1.70. The predicted octanol–water partition coefficient (Wildman–Crippen LogP) is 3.78. The summed E-state index contributed by atoms with van der Waals surface area (Å²) in [5, 5.41) is 8.38. The van der Waals surface area contributed by atoms with Crippen LogP contribution in [0.15, 0.2) is 0 Å².